The molecule has 6 rings (SSSR count). The highest BCUT2D eigenvalue weighted by Gasteiger charge is 2.27. The molecular formula is C32H21N2O8P. The van der Waals surface area contributed by atoms with E-state index in [1.54, 1.807) is 42.5 Å². The van der Waals surface area contributed by atoms with Crippen LogP contribution in [-0.4, -0.2) is 19.6 Å². The maximum absolute atomic E-state index is 12.4. The van der Waals surface area contributed by atoms with Crippen LogP contribution in [0.25, 0.3) is 54.9 Å². The standard InChI is InChI=1S/C32H21N2O8P/c35-33(36)25-11-5-9-20(16-25)24-15-21-7-1-3-13-27(21)30(19-24)31-28-14-4-2-8-23(28)18-29(32(31)42-43(39,40)41)22-10-6-12-26(17-22)34(37)38/h1-19H,(H2,39,40,41). The van der Waals surface area contributed by atoms with Crippen LogP contribution in [0.1, 0.15) is 0 Å². The van der Waals surface area contributed by atoms with Crippen molar-refractivity contribution < 1.29 is 28.7 Å². The van der Waals surface area contributed by atoms with Gasteiger partial charge in [-0.2, -0.15) is 0 Å². The minimum atomic E-state index is -5.15. The second-order valence-corrected chi connectivity index (χ2v) is 11.0. The minimum absolute atomic E-state index is 0.0872. The number of non-ortho nitro benzene ring substituents is 2. The van der Waals surface area contributed by atoms with Crippen molar-refractivity contribution in [1.29, 1.82) is 0 Å². The van der Waals surface area contributed by atoms with Gasteiger partial charge >= 0.3 is 7.82 Å². The van der Waals surface area contributed by atoms with Crippen molar-refractivity contribution >= 4 is 40.7 Å². The Bertz CT molecular complexity index is 2140. The third kappa shape index (κ3) is 5.45. The molecule has 43 heavy (non-hydrogen) atoms. The molecule has 6 aromatic rings. The van der Waals surface area contributed by atoms with E-state index in [2.05, 4.69) is 0 Å². The summed E-state index contributed by atoms with van der Waals surface area (Å²) < 4.78 is 17.9. The summed E-state index contributed by atoms with van der Waals surface area (Å²) in [7, 11) is -5.15. The van der Waals surface area contributed by atoms with Crippen LogP contribution in [0.15, 0.2) is 115 Å². The van der Waals surface area contributed by atoms with Crippen molar-refractivity contribution in [2.24, 2.45) is 0 Å². The fourth-order valence-electron chi connectivity index (χ4n) is 5.29. The molecule has 2 N–H and O–H groups in total. The lowest BCUT2D eigenvalue weighted by molar-refractivity contribution is -0.385. The van der Waals surface area contributed by atoms with Crippen molar-refractivity contribution in [2.75, 3.05) is 0 Å². The van der Waals surface area contributed by atoms with Crippen LogP contribution in [0.4, 0.5) is 11.4 Å². The van der Waals surface area contributed by atoms with Crippen molar-refractivity contribution in [3.8, 4) is 39.1 Å². The third-order valence-electron chi connectivity index (χ3n) is 7.10. The first-order valence-corrected chi connectivity index (χ1v) is 14.5. The normalized spacial score (nSPS) is 11.5. The number of benzene rings is 6. The van der Waals surface area contributed by atoms with Crippen molar-refractivity contribution in [2.45, 2.75) is 0 Å². The molecule has 0 heterocycles. The van der Waals surface area contributed by atoms with Crippen LogP contribution in [0, 0.1) is 20.2 Å². The van der Waals surface area contributed by atoms with Gasteiger partial charge in [0.25, 0.3) is 11.4 Å². The molecule has 11 heteroatoms. The van der Waals surface area contributed by atoms with Gasteiger partial charge in [0.2, 0.25) is 0 Å². The Labute approximate surface area is 244 Å². The molecule has 0 bridgehead atoms. The van der Waals surface area contributed by atoms with E-state index in [0.717, 1.165) is 10.8 Å². The summed E-state index contributed by atoms with van der Waals surface area (Å²) >= 11 is 0. The predicted molar refractivity (Wildman–Crippen MR) is 164 cm³/mol. The number of nitro benzene ring substituents is 2. The number of phosphoric acid groups is 1. The van der Waals surface area contributed by atoms with E-state index in [1.807, 2.05) is 42.5 Å². The lowest BCUT2D eigenvalue weighted by atomic mass is 9.87. The molecule has 0 amide bonds. The summed E-state index contributed by atoms with van der Waals surface area (Å²) in [6, 6.07) is 31.9. The first-order chi connectivity index (χ1) is 20.6. The fraction of sp³-hybridized carbons (Fsp3) is 0. The maximum Gasteiger partial charge on any atom is 0.524 e. The zero-order valence-electron chi connectivity index (χ0n) is 22.2. The highest BCUT2D eigenvalue weighted by Crippen LogP contribution is 2.52. The Hall–Kier alpha value is -5.41. The van der Waals surface area contributed by atoms with E-state index in [-0.39, 0.29) is 22.7 Å². The third-order valence-corrected chi connectivity index (χ3v) is 7.52. The molecule has 0 spiro atoms. The Morgan fingerprint density at radius 3 is 1.77 bits per heavy atom. The van der Waals surface area contributed by atoms with Crippen molar-refractivity contribution in [3.63, 3.8) is 0 Å². The van der Waals surface area contributed by atoms with E-state index in [4.69, 9.17) is 4.52 Å². The van der Waals surface area contributed by atoms with E-state index in [9.17, 15) is 34.6 Å². The smallest absolute Gasteiger partial charge is 0.403 e. The summed E-state index contributed by atoms with van der Waals surface area (Å²) in [4.78, 5) is 42.2. The highest BCUT2D eigenvalue weighted by atomic mass is 31.2. The zero-order chi connectivity index (χ0) is 30.3. The summed E-state index contributed by atoms with van der Waals surface area (Å²) in [5.41, 5.74) is 2.37. The number of hydrogen-bond acceptors (Lipinski definition) is 6. The fourth-order valence-corrected chi connectivity index (χ4v) is 5.72. The van der Waals surface area contributed by atoms with E-state index in [1.165, 1.54) is 30.3 Å². The van der Waals surface area contributed by atoms with Gasteiger partial charge in [0, 0.05) is 35.4 Å². The molecule has 6 aromatic carbocycles. The average molecular weight is 593 g/mol. The largest absolute Gasteiger partial charge is 0.524 e. The topological polar surface area (TPSA) is 153 Å². The van der Waals surface area contributed by atoms with E-state index >= 15 is 0 Å². The molecule has 0 aliphatic carbocycles. The second-order valence-electron chi connectivity index (χ2n) is 9.79. The van der Waals surface area contributed by atoms with Crippen molar-refractivity contribution in [1.82, 2.24) is 0 Å². The lowest BCUT2D eigenvalue weighted by Crippen LogP contribution is -1.98. The Balaban J connectivity index is 1.76. The summed E-state index contributed by atoms with van der Waals surface area (Å²) in [5.74, 6) is -0.158. The maximum atomic E-state index is 12.4. The second kappa shape index (κ2) is 10.8. The van der Waals surface area contributed by atoms with Gasteiger partial charge in [-0.05, 0) is 62.0 Å². The van der Waals surface area contributed by atoms with Crippen molar-refractivity contribution in [3.05, 3.63) is 135 Å². The minimum Gasteiger partial charge on any atom is -0.403 e. The van der Waals surface area contributed by atoms with Gasteiger partial charge in [0.05, 0.1) is 9.85 Å². The molecule has 0 aliphatic rings. The summed E-state index contributed by atoms with van der Waals surface area (Å²) in [6.45, 7) is 0. The quantitative estimate of drug-likeness (QED) is 0.107. The first kappa shape index (κ1) is 27.7. The Morgan fingerprint density at radius 2 is 1.14 bits per heavy atom. The van der Waals surface area contributed by atoms with Gasteiger partial charge in [0.1, 0.15) is 5.75 Å². The molecule has 212 valence electrons. The summed E-state index contributed by atoms with van der Waals surface area (Å²) in [6.07, 6.45) is 0. The van der Waals surface area contributed by atoms with Gasteiger partial charge < -0.3 is 4.52 Å². The van der Waals surface area contributed by atoms with Gasteiger partial charge in [-0.3, -0.25) is 30.0 Å². The predicted octanol–water partition coefficient (Wildman–Crippen LogP) is 8.28. The number of nitrogens with zero attached hydrogens (tertiary/aromatic N) is 2. The van der Waals surface area contributed by atoms with Gasteiger partial charge in [-0.1, -0.05) is 72.8 Å². The molecule has 0 atom stereocenters. The molecule has 0 saturated heterocycles. The first-order valence-electron chi connectivity index (χ1n) is 12.9. The molecular weight excluding hydrogens is 571 g/mol. The van der Waals surface area contributed by atoms with Crippen LogP contribution >= 0.6 is 7.82 Å². The molecule has 0 saturated carbocycles. The van der Waals surface area contributed by atoms with E-state index < -0.39 is 17.7 Å². The number of hydrogen-bond donors (Lipinski definition) is 2. The Morgan fingerprint density at radius 1 is 0.581 bits per heavy atom. The van der Waals surface area contributed by atoms with Crippen LogP contribution in [0.2, 0.25) is 0 Å². The monoisotopic (exact) mass is 592 g/mol. The molecule has 0 unspecified atom stereocenters. The van der Waals surface area contributed by atoms with Gasteiger partial charge in [-0.15, -0.1) is 0 Å². The number of fused-ring (bicyclic) bond motifs is 2. The molecule has 10 nitrogen and oxygen atoms in total. The number of phosphoric ester groups is 1. The molecule has 0 fully saturated rings. The zero-order valence-corrected chi connectivity index (χ0v) is 23.0. The number of nitro groups is 2. The van der Waals surface area contributed by atoms with E-state index in [0.29, 0.717) is 38.6 Å². The van der Waals surface area contributed by atoms with Crippen LogP contribution in [0.3, 0.4) is 0 Å². The molecule has 0 radical (unpaired) electrons. The van der Waals surface area contributed by atoms with Crippen LogP contribution < -0.4 is 4.52 Å². The SMILES string of the molecule is O=[N+]([O-])c1cccc(-c2cc(-c3c(OP(=O)(O)O)c(-c4cccc([N+](=O)[O-])c4)cc4ccccc34)c3ccccc3c2)c1. The summed E-state index contributed by atoms with van der Waals surface area (Å²) in [5, 5.41) is 25.9. The molecule has 0 aromatic heterocycles. The molecule has 0 aliphatic heterocycles. The van der Waals surface area contributed by atoms with Gasteiger partial charge in [0.15, 0.2) is 0 Å². The highest BCUT2D eigenvalue weighted by molar-refractivity contribution is 7.46. The van der Waals surface area contributed by atoms with Gasteiger partial charge in [-0.25, -0.2) is 4.57 Å². The number of rotatable bonds is 7. The average Bonchev–Trinajstić information content (AvgIpc) is 2.99. The lowest BCUT2D eigenvalue weighted by Gasteiger charge is -2.21. The van der Waals surface area contributed by atoms with Crippen LogP contribution in [-0.2, 0) is 4.57 Å². The Kier molecular flexibility index (Phi) is 6.95. The van der Waals surface area contributed by atoms with Crippen LogP contribution in [0.5, 0.6) is 5.75 Å².